The number of hydrogen-bond acceptors (Lipinski definition) is 3. The van der Waals surface area contributed by atoms with Crippen LogP contribution in [0.1, 0.15) is 6.42 Å². The summed E-state index contributed by atoms with van der Waals surface area (Å²) in [6, 6.07) is 21.5. The standard InChI is InChI=1S/C19H25O3P/c20-12-14-22-16-15-21-13-7-17-23(18-8-3-1-4-9-18)19-10-5-2-6-11-19/h1-6,8-11,20H,7,12-17H2. The zero-order chi connectivity index (χ0) is 16.2. The fourth-order valence-electron chi connectivity index (χ4n) is 2.33. The molecule has 4 heteroatoms. The SMILES string of the molecule is OCCOCCOCCCP(c1ccccc1)c1ccccc1. The molecule has 23 heavy (non-hydrogen) atoms. The molecule has 3 nitrogen and oxygen atoms in total. The van der Waals surface area contributed by atoms with E-state index in [2.05, 4.69) is 60.7 Å². The first-order valence-corrected chi connectivity index (χ1v) is 9.58. The Morgan fingerprint density at radius 1 is 0.696 bits per heavy atom. The van der Waals surface area contributed by atoms with Gasteiger partial charge in [0.1, 0.15) is 0 Å². The fraction of sp³-hybridized carbons (Fsp3) is 0.368. The summed E-state index contributed by atoms with van der Waals surface area (Å²) in [5, 5.41) is 11.5. The lowest BCUT2D eigenvalue weighted by molar-refractivity contribution is 0.0335. The number of rotatable bonds is 11. The minimum absolute atomic E-state index is 0.0679. The minimum Gasteiger partial charge on any atom is -0.394 e. The topological polar surface area (TPSA) is 38.7 Å². The molecule has 1 N–H and O–H groups in total. The van der Waals surface area contributed by atoms with E-state index < -0.39 is 0 Å². The third-order valence-corrected chi connectivity index (χ3v) is 6.02. The van der Waals surface area contributed by atoms with Gasteiger partial charge in [-0.15, -0.1) is 0 Å². The Morgan fingerprint density at radius 2 is 1.22 bits per heavy atom. The first kappa shape index (κ1) is 18.1. The van der Waals surface area contributed by atoms with Gasteiger partial charge in [-0.3, -0.25) is 0 Å². The predicted molar refractivity (Wildman–Crippen MR) is 97.3 cm³/mol. The maximum atomic E-state index is 8.62. The Morgan fingerprint density at radius 3 is 1.74 bits per heavy atom. The molecule has 2 aromatic carbocycles. The normalized spacial score (nSPS) is 11.0. The van der Waals surface area contributed by atoms with E-state index in [1.807, 2.05) is 0 Å². The van der Waals surface area contributed by atoms with Gasteiger partial charge in [0, 0.05) is 6.61 Å². The van der Waals surface area contributed by atoms with Crippen LogP contribution in [0.5, 0.6) is 0 Å². The first-order valence-electron chi connectivity index (χ1n) is 8.06. The highest BCUT2D eigenvalue weighted by Gasteiger charge is 2.12. The van der Waals surface area contributed by atoms with Gasteiger partial charge in [-0.2, -0.15) is 0 Å². The lowest BCUT2D eigenvalue weighted by Gasteiger charge is -2.18. The second-order valence-electron chi connectivity index (χ2n) is 5.12. The number of benzene rings is 2. The van der Waals surface area contributed by atoms with E-state index in [4.69, 9.17) is 14.6 Å². The van der Waals surface area contributed by atoms with Crippen molar-refractivity contribution in [1.82, 2.24) is 0 Å². The molecule has 0 aliphatic carbocycles. The third-order valence-electron chi connectivity index (χ3n) is 3.41. The molecule has 0 radical (unpaired) electrons. The minimum atomic E-state index is -0.325. The highest BCUT2D eigenvalue weighted by molar-refractivity contribution is 7.73. The van der Waals surface area contributed by atoms with E-state index in [1.54, 1.807) is 0 Å². The molecule has 0 spiro atoms. The molecule has 0 atom stereocenters. The van der Waals surface area contributed by atoms with E-state index in [1.165, 1.54) is 10.6 Å². The van der Waals surface area contributed by atoms with Crippen LogP contribution in [0.4, 0.5) is 0 Å². The van der Waals surface area contributed by atoms with Crippen molar-refractivity contribution >= 4 is 18.5 Å². The van der Waals surface area contributed by atoms with Gasteiger partial charge >= 0.3 is 0 Å². The smallest absolute Gasteiger partial charge is 0.0701 e. The largest absolute Gasteiger partial charge is 0.394 e. The molecular weight excluding hydrogens is 307 g/mol. The van der Waals surface area contributed by atoms with Gasteiger partial charge in [0.2, 0.25) is 0 Å². The lowest BCUT2D eigenvalue weighted by Crippen LogP contribution is -2.15. The van der Waals surface area contributed by atoms with Crippen LogP contribution in [0, 0.1) is 0 Å². The van der Waals surface area contributed by atoms with Gasteiger partial charge in [-0.25, -0.2) is 0 Å². The number of ether oxygens (including phenoxy) is 2. The average Bonchev–Trinajstić information content (AvgIpc) is 2.62. The lowest BCUT2D eigenvalue weighted by atomic mass is 10.4. The highest BCUT2D eigenvalue weighted by Crippen LogP contribution is 2.33. The monoisotopic (exact) mass is 332 g/mol. The summed E-state index contributed by atoms with van der Waals surface area (Å²) in [5.41, 5.74) is 0. The molecule has 0 saturated heterocycles. The van der Waals surface area contributed by atoms with Crippen molar-refractivity contribution in [3.8, 4) is 0 Å². The highest BCUT2D eigenvalue weighted by atomic mass is 31.1. The van der Waals surface area contributed by atoms with E-state index in [9.17, 15) is 0 Å². The molecule has 0 aliphatic heterocycles. The number of aliphatic hydroxyl groups is 1. The summed E-state index contributed by atoms with van der Waals surface area (Å²) < 4.78 is 10.8. The van der Waals surface area contributed by atoms with Crippen molar-refractivity contribution in [2.45, 2.75) is 6.42 Å². The quantitative estimate of drug-likeness (QED) is 0.508. The van der Waals surface area contributed by atoms with Crippen molar-refractivity contribution in [3.63, 3.8) is 0 Å². The molecule has 0 fully saturated rings. The Labute approximate surface area is 140 Å². The van der Waals surface area contributed by atoms with Gasteiger partial charge in [0.05, 0.1) is 26.4 Å². The molecule has 0 unspecified atom stereocenters. The summed E-state index contributed by atoms with van der Waals surface area (Å²) in [6.45, 7) is 2.34. The van der Waals surface area contributed by atoms with E-state index in [0.717, 1.165) is 19.2 Å². The van der Waals surface area contributed by atoms with Crippen LogP contribution in [0.3, 0.4) is 0 Å². The molecule has 0 aliphatic rings. The molecule has 0 aromatic heterocycles. The van der Waals surface area contributed by atoms with Crippen molar-refractivity contribution < 1.29 is 14.6 Å². The number of hydrogen-bond donors (Lipinski definition) is 1. The molecule has 124 valence electrons. The van der Waals surface area contributed by atoms with Gasteiger partial charge in [-0.1, -0.05) is 60.7 Å². The summed E-state index contributed by atoms with van der Waals surface area (Å²) >= 11 is 0. The van der Waals surface area contributed by atoms with Crippen LogP contribution in [0.25, 0.3) is 0 Å². The van der Waals surface area contributed by atoms with Gasteiger partial charge in [-0.05, 0) is 31.1 Å². The Balaban J connectivity index is 1.80. The summed E-state index contributed by atoms with van der Waals surface area (Å²) in [7, 11) is -0.325. The van der Waals surface area contributed by atoms with Crippen LogP contribution in [0.15, 0.2) is 60.7 Å². The Bertz CT molecular complexity index is 479. The van der Waals surface area contributed by atoms with Crippen molar-refractivity contribution in [2.24, 2.45) is 0 Å². The molecule has 0 bridgehead atoms. The second kappa shape index (κ2) is 11.3. The Hall–Kier alpha value is -1.25. The van der Waals surface area contributed by atoms with Crippen LogP contribution < -0.4 is 10.6 Å². The Kier molecular flexibility index (Phi) is 8.90. The molecule has 0 heterocycles. The summed E-state index contributed by atoms with van der Waals surface area (Å²) in [4.78, 5) is 0. The zero-order valence-electron chi connectivity index (χ0n) is 13.4. The third kappa shape index (κ3) is 6.80. The van der Waals surface area contributed by atoms with Gasteiger partial charge < -0.3 is 14.6 Å². The molecule has 0 amide bonds. The van der Waals surface area contributed by atoms with E-state index in [0.29, 0.717) is 19.8 Å². The second-order valence-corrected chi connectivity index (χ2v) is 7.46. The van der Waals surface area contributed by atoms with E-state index in [-0.39, 0.29) is 14.5 Å². The molecular formula is C19H25O3P. The van der Waals surface area contributed by atoms with Gasteiger partial charge in [0.25, 0.3) is 0 Å². The van der Waals surface area contributed by atoms with Crippen LogP contribution in [-0.2, 0) is 9.47 Å². The van der Waals surface area contributed by atoms with Gasteiger partial charge in [0.15, 0.2) is 0 Å². The summed E-state index contributed by atoms with van der Waals surface area (Å²) in [5.74, 6) is 0. The zero-order valence-corrected chi connectivity index (χ0v) is 14.3. The molecule has 0 saturated carbocycles. The van der Waals surface area contributed by atoms with Crippen molar-refractivity contribution in [3.05, 3.63) is 60.7 Å². The van der Waals surface area contributed by atoms with Crippen molar-refractivity contribution in [1.29, 1.82) is 0 Å². The maximum Gasteiger partial charge on any atom is 0.0701 e. The van der Waals surface area contributed by atoms with Crippen LogP contribution >= 0.6 is 7.92 Å². The van der Waals surface area contributed by atoms with Crippen LogP contribution in [-0.4, -0.2) is 44.3 Å². The van der Waals surface area contributed by atoms with E-state index >= 15 is 0 Å². The molecule has 2 aromatic rings. The fourth-order valence-corrected chi connectivity index (χ4v) is 4.66. The van der Waals surface area contributed by atoms with Crippen molar-refractivity contribution in [2.75, 3.05) is 39.2 Å². The predicted octanol–water partition coefficient (Wildman–Crippen LogP) is 2.53. The maximum absolute atomic E-state index is 8.62. The molecule has 2 rings (SSSR count). The summed E-state index contributed by atoms with van der Waals surface area (Å²) in [6.07, 6.45) is 2.16. The first-order chi connectivity index (χ1) is 11.4. The number of aliphatic hydroxyl groups excluding tert-OH is 1. The van der Waals surface area contributed by atoms with Crippen LogP contribution in [0.2, 0.25) is 0 Å². The average molecular weight is 332 g/mol.